The van der Waals surface area contributed by atoms with Crippen molar-refractivity contribution < 1.29 is 9.59 Å². The Kier molecular flexibility index (Phi) is 4.90. The van der Waals surface area contributed by atoms with Crippen molar-refractivity contribution in [2.45, 2.75) is 13.8 Å². The fourth-order valence-electron chi connectivity index (χ4n) is 2.41. The van der Waals surface area contributed by atoms with E-state index in [0.29, 0.717) is 10.4 Å². The lowest BCUT2D eigenvalue weighted by Gasteiger charge is -2.08. The molecule has 3 aromatic rings. The van der Waals surface area contributed by atoms with Gasteiger partial charge in [0, 0.05) is 34.9 Å². The van der Waals surface area contributed by atoms with Crippen LogP contribution in [0.2, 0.25) is 0 Å². The van der Waals surface area contributed by atoms with E-state index >= 15 is 0 Å². The summed E-state index contributed by atoms with van der Waals surface area (Å²) in [5, 5.41) is 4.69. The SMILES string of the molecule is CC(=O)Nc1ccc(-n2c(C)csc2=NC(=O)c2ccccc2)cc1. The summed E-state index contributed by atoms with van der Waals surface area (Å²) in [6.07, 6.45) is 0. The van der Waals surface area contributed by atoms with Gasteiger partial charge in [-0.05, 0) is 43.3 Å². The van der Waals surface area contributed by atoms with Crippen LogP contribution in [-0.2, 0) is 4.79 Å². The summed E-state index contributed by atoms with van der Waals surface area (Å²) < 4.78 is 1.92. The standard InChI is InChI=1S/C19H17N3O2S/c1-13-12-25-19(21-18(24)15-6-4-3-5-7-15)22(13)17-10-8-16(9-11-17)20-14(2)23/h3-12H,1-2H3,(H,20,23). The predicted molar refractivity (Wildman–Crippen MR) is 99.0 cm³/mol. The number of thiazole rings is 1. The van der Waals surface area contributed by atoms with E-state index in [9.17, 15) is 9.59 Å². The highest BCUT2D eigenvalue weighted by molar-refractivity contribution is 7.07. The zero-order valence-electron chi connectivity index (χ0n) is 13.9. The van der Waals surface area contributed by atoms with Crippen LogP contribution >= 0.6 is 11.3 Å². The van der Waals surface area contributed by atoms with E-state index in [2.05, 4.69) is 10.3 Å². The zero-order chi connectivity index (χ0) is 17.8. The number of amides is 2. The quantitative estimate of drug-likeness (QED) is 0.784. The second-order valence-electron chi connectivity index (χ2n) is 5.51. The lowest BCUT2D eigenvalue weighted by Crippen LogP contribution is -2.16. The van der Waals surface area contributed by atoms with Crippen molar-refractivity contribution in [2.75, 3.05) is 5.32 Å². The number of anilines is 1. The normalized spacial score (nSPS) is 11.4. The number of nitrogens with zero attached hydrogens (tertiary/aromatic N) is 2. The first-order valence-electron chi connectivity index (χ1n) is 7.74. The number of carbonyl (C=O) groups excluding carboxylic acids is 2. The molecule has 1 N–H and O–H groups in total. The molecule has 0 radical (unpaired) electrons. The summed E-state index contributed by atoms with van der Waals surface area (Å²) in [7, 11) is 0. The second-order valence-corrected chi connectivity index (χ2v) is 6.34. The number of rotatable bonds is 3. The smallest absolute Gasteiger partial charge is 0.279 e. The molecule has 0 spiro atoms. The minimum atomic E-state index is -0.272. The van der Waals surface area contributed by atoms with Crippen LogP contribution in [0.1, 0.15) is 23.0 Å². The number of benzene rings is 2. The average molecular weight is 351 g/mol. The molecule has 0 aliphatic carbocycles. The first kappa shape index (κ1) is 16.9. The topological polar surface area (TPSA) is 63.5 Å². The minimum Gasteiger partial charge on any atom is -0.326 e. The van der Waals surface area contributed by atoms with Gasteiger partial charge >= 0.3 is 0 Å². The van der Waals surface area contributed by atoms with Gasteiger partial charge in [-0.15, -0.1) is 11.3 Å². The maximum atomic E-state index is 12.4. The highest BCUT2D eigenvalue weighted by Gasteiger charge is 2.08. The van der Waals surface area contributed by atoms with Crippen LogP contribution in [0.25, 0.3) is 5.69 Å². The molecule has 126 valence electrons. The van der Waals surface area contributed by atoms with E-state index in [-0.39, 0.29) is 11.8 Å². The molecule has 0 saturated heterocycles. The van der Waals surface area contributed by atoms with Gasteiger partial charge < -0.3 is 5.32 Å². The molecule has 5 nitrogen and oxygen atoms in total. The maximum Gasteiger partial charge on any atom is 0.279 e. The summed E-state index contributed by atoms with van der Waals surface area (Å²) in [6, 6.07) is 16.4. The number of aromatic nitrogens is 1. The maximum absolute atomic E-state index is 12.4. The number of carbonyl (C=O) groups is 2. The zero-order valence-corrected chi connectivity index (χ0v) is 14.7. The molecule has 1 heterocycles. The molecule has 0 unspecified atom stereocenters. The Morgan fingerprint density at radius 1 is 1.04 bits per heavy atom. The lowest BCUT2D eigenvalue weighted by atomic mass is 10.2. The van der Waals surface area contributed by atoms with Gasteiger partial charge in [0.15, 0.2) is 4.80 Å². The van der Waals surface area contributed by atoms with E-state index in [1.54, 1.807) is 12.1 Å². The fraction of sp³-hybridized carbons (Fsp3) is 0.105. The van der Waals surface area contributed by atoms with Crippen LogP contribution in [-0.4, -0.2) is 16.4 Å². The van der Waals surface area contributed by atoms with E-state index < -0.39 is 0 Å². The van der Waals surface area contributed by atoms with E-state index in [1.807, 2.05) is 59.3 Å². The lowest BCUT2D eigenvalue weighted by molar-refractivity contribution is -0.114. The molecule has 2 aromatic carbocycles. The van der Waals surface area contributed by atoms with E-state index in [4.69, 9.17) is 0 Å². The Labute approximate surface area is 149 Å². The van der Waals surface area contributed by atoms with Crippen LogP contribution in [0.5, 0.6) is 0 Å². The van der Waals surface area contributed by atoms with Gasteiger partial charge in [0.25, 0.3) is 5.91 Å². The van der Waals surface area contributed by atoms with Gasteiger partial charge in [-0.3, -0.25) is 14.2 Å². The fourth-order valence-corrected chi connectivity index (χ4v) is 3.29. The second kappa shape index (κ2) is 7.27. The van der Waals surface area contributed by atoms with Gasteiger partial charge in [0.2, 0.25) is 5.91 Å². The number of nitrogens with one attached hydrogen (secondary N) is 1. The third-order valence-electron chi connectivity index (χ3n) is 3.54. The van der Waals surface area contributed by atoms with E-state index in [0.717, 1.165) is 17.1 Å². The highest BCUT2D eigenvalue weighted by atomic mass is 32.1. The number of hydrogen-bond donors (Lipinski definition) is 1. The van der Waals surface area contributed by atoms with Gasteiger partial charge in [-0.2, -0.15) is 4.99 Å². The molecule has 1 aromatic heterocycles. The minimum absolute atomic E-state index is 0.115. The molecular weight excluding hydrogens is 334 g/mol. The van der Waals surface area contributed by atoms with Gasteiger partial charge in [0.05, 0.1) is 0 Å². The Bertz CT molecular complexity index is 970. The predicted octanol–water partition coefficient (Wildman–Crippen LogP) is 3.55. The molecule has 0 atom stereocenters. The van der Waals surface area contributed by atoms with Crippen LogP contribution in [0.15, 0.2) is 65.0 Å². The van der Waals surface area contributed by atoms with Crippen molar-refractivity contribution >= 4 is 28.8 Å². The van der Waals surface area contributed by atoms with Crippen LogP contribution < -0.4 is 10.1 Å². The van der Waals surface area contributed by atoms with Gasteiger partial charge in [-0.1, -0.05) is 18.2 Å². The summed E-state index contributed by atoms with van der Waals surface area (Å²) in [5.41, 5.74) is 3.15. The molecule has 3 rings (SSSR count). The third kappa shape index (κ3) is 3.92. The molecule has 0 aliphatic rings. The van der Waals surface area contributed by atoms with Gasteiger partial charge in [0.1, 0.15) is 0 Å². The number of hydrogen-bond acceptors (Lipinski definition) is 3. The van der Waals surface area contributed by atoms with Crippen molar-refractivity contribution in [3.8, 4) is 5.69 Å². The van der Waals surface area contributed by atoms with E-state index in [1.165, 1.54) is 18.3 Å². The van der Waals surface area contributed by atoms with Crippen LogP contribution in [0, 0.1) is 6.92 Å². The van der Waals surface area contributed by atoms with Crippen molar-refractivity contribution in [3.63, 3.8) is 0 Å². The largest absolute Gasteiger partial charge is 0.326 e. The van der Waals surface area contributed by atoms with Crippen LogP contribution in [0.4, 0.5) is 5.69 Å². The molecule has 0 saturated carbocycles. The molecule has 0 bridgehead atoms. The first-order chi connectivity index (χ1) is 12.0. The molecule has 2 amide bonds. The molecule has 25 heavy (non-hydrogen) atoms. The van der Waals surface area contributed by atoms with Crippen molar-refractivity contribution in [2.24, 2.45) is 4.99 Å². The molecule has 6 heteroatoms. The average Bonchev–Trinajstić information content (AvgIpc) is 2.96. The Balaban J connectivity index is 1.98. The summed E-state index contributed by atoms with van der Waals surface area (Å²) in [6.45, 7) is 3.43. The summed E-state index contributed by atoms with van der Waals surface area (Å²) in [4.78, 5) is 28.4. The van der Waals surface area contributed by atoms with Crippen molar-refractivity contribution in [1.82, 2.24) is 4.57 Å². The highest BCUT2D eigenvalue weighted by Crippen LogP contribution is 2.15. The molecule has 0 aliphatic heterocycles. The Hall–Kier alpha value is -2.99. The summed E-state index contributed by atoms with van der Waals surface area (Å²) in [5.74, 6) is -0.387. The van der Waals surface area contributed by atoms with Crippen LogP contribution in [0.3, 0.4) is 0 Å². The first-order valence-corrected chi connectivity index (χ1v) is 8.62. The van der Waals surface area contributed by atoms with Crippen molar-refractivity contribution in [1.29, 1.82) is 0 Å². The third-order valence-corrected chi connectivity index (χ3v) is 4.49. The Morgan fingerprint density at radius 2 is 1.72 bits per heavy atom. The number of aryl methyl sites for hydroxylation is 1. The van der Waals surface area contributed by atoms with Gasteiger partial charge in [-0.25, -0.2) is 0 Å². The Morgan fingerprint density at radius 3 is 2.36 bits per heavy atom. The monoisotopic (exact) mass is 351 g/mol. The summed E-state index contributed by atoms with van der Waals surface area (Å²) >= 11 is 1.41. The molecular formula is C19H17N3O2S. The molecule has 0 fully saturated rings. The van der Waals surface area contributed by atoms with Crippen molar-refractivity contribution in [3.05, 3.63) is 76.0 Å².